The van der Waals surface area contributed by atoms with Crippen LogP contribution < -0.4 is 31.6 Å². The number of fused-ring (bicyclic) bond motifs is 2. The Labute approximate surface area is 315 Å². The van der Waals surface area contributed by atoms with Crippen molar-refractivity contribution in [3.8, 4) is 23.1 Å². The van der Waals surface area contributed by atoms with Crippen LogP contribution in [0.2, 0.25) is 0 Å². The van der Waals surface area contributed by atoms with Gasteiger partial charge in [0.05, 0.1) is 29.2 Å². The summed E-state index contributed by atoms with van der Waals surface area (Å²) in [6, 6.07) is 28.4. The Balaban J connectivity index is 0.000000172. The maximum atomic E-state index is 13.9. The summed E-state index contributed by atoms with van der Waals surface area (Å²) in [6.07, 6.45) is -4.74. The Kier molecular flexibility index (Phi) is 9.93. The number of anilines is 6. The monoisotopic (exact) mass is 764 g/mol. The molecule has 4 aromatic carbocycles. The van der Waals surface area contributed by atoms with Gasteiger partial charge in [-0.25, -0.2) is 14.4 Å². The first-order chi connectivity index (χ1) is 26.8. The van der Waals surface area contributed by atoms with Gasteiger partial charge in [0.15, 0.2) is 11.6 Å². The molecule has 4 heterocycles. The molecule has 0 bridgehead atoms. The molecule has 0 aliphatic heterocycles. The topological polar surface area (TPSA) is 182 Å². The zero-order valence-electron chi connectivity index (χ0n) is 29.9. The Bertz CT molecular complexity index is 2680. The lowest BCUT2D eigenvalue weighted by molar-refractivity contribution is -0.274. The fourth-order valence-electron chi connectivity index (χ4n) is 5.86. The molecule has 0 saturated carbocycles. The van der Waals surface area contributed by atoms with Crippen molar-refractivity contribution in [2.24, 2.45) is 0 Å². The van der Waals surface area contributed by atoms with Crippen LogP contribution in [0.3, 0.4) is 0 Å². The molecule has 8 rings (SSSR count). The van der Waals surface area contributed by atoms with Gasteiger partial charge in [-0.05, 0) is 74.5 Å². The van der Waals surface area contributed by atoms with E-state index in [0.717, 1.165) is 33.7 Å². The molecule has 0 aliphatic rings. The van der Waals surface area contributed by atoms with E-state index in [1.165, 1.54) is 43.5 Å². The second-order valence-corrected chi connectivity index (χ2v) is 12.1. The van der Waals surface area contributed by atoms with E-state index in [2.05, 4.69) is 45.3 Å². The second-order valence-electron chi connectivity index (χ2n) is 12.1. The molecule has 18 heteroatoms. The quantitative estimate of drug-likeness (QED) is 0.110. The number of nitrogens with zero attached hydrogens (tertiary/aromatic N) is 8. The average molecular weight is 765 g/mol. The highest BCUT2D eigenvalue weighted by atomic mass is 19.4. The van der Waals surface area contributed by atoms with Gasteiger partial charge in [0.25, 0.3) is 0 Å². The Morgan fingerprint density at radius 1 is 0.607 bits per heavy atom. The predicted molar refractivity (Wildman–Crippen MR) is 204 cm³/mol. The molecule has 0 aliphatic carbocycles. The number of ether oxygens (including phenoxy) is 2. The fraction of sp³-hybridized carbons (Fsp3) is 0.105. The average Bonchev–Trinajstić information content (AvgIpc) is 3.66. The third-order valence-electron chi connectivity index (χ3n) is 8.13. The number of hydrogen-bond donors (Lipinski definition) is 4. The summed E-state index contributed by atoms with van der Waals surface area (Å²) in [4.78, 5) is 26.4. The number of imidazole rings is 2. The SMILES string of the molecule is COc1ccc(Nc2nc(N)cc(-n3c(C)nc4ccccc43)n2)cc1F.Cc1nc2ccccc2n1-c1cc(N)nc(Nc2ccc(OC(F)(F)F)cc2)n1. The third kappa shape index (κ3) is 8.18. The van der Waals surface area contributed by atoms with Gasteiger partial charge in [-0.2, -0.15) is 19.9 Å². The number of methoxy groups -OCH3 is 1. The molecule has 0 amide bonds. The molecular weight excluding hydrogens is 732 g/mol. The van der Waals surface area contributed by atoms with Gasteiger partial charge in [0.1, 0.15) is 40.7 Å². The maximum Gasteiger partial charge on any atom is 0.573 e. The summed E-state index contributed by atoms with van der Waals surface area (Å²) in [5.74, 6) is 2.91. The summed E-state index contributed by atoms with van der Waals surface area (Å²) in [7, 11) is 1.41. The highest BCUT2D eigenvalue weighted by molar-refractivity contribution is 5.79. The lowest BCUT2D eigenvalue weighted by Gasteiger charge is -2.12. The van der Waals surface area contributed by atoms with E-state index in [-0.39, 0.29) is 35.0 Å². The molecule has 14 nitrogen and oxygen atoms in total. The van der Waals surface area contributed by atoms with Gasteiger partial charge in [-0.15, -0.1) is 13.2 Å². The first-order valence-electron chi connectivity index (χ1n) is 16.7. The molecule has 56 heavy (non-hydrogen) atoms. The number of hydrogen-bond acceptors (Lipinski definition) is 12. The normalized spacial score (nSPS) is 11.3. The number of aryl methyl sites for hydroxylation is 2. The van der Waals surface area contributed by atoms with Gasteiger partial charge in [-0.3, -0.25) is 9.13 Å². The highest BCUT2D eigenvalue weighted by Crippen LogP contribution is 2.28. The highest BCUT2D eigenvalue weighted by Gasteiger charge is 2.31. The smallest absolute Gasteiger partial charge is 0.494 e. The van der Waals surface area contributed by atoms with Crippen molar-refractivity contribution < 1.29 is 27.0 Å². The van der Waals surface area contributed by atoms with Crippen LogP contribution in [0.5, 0.6) is 11.5 Å². The Morgan fingerprint density at radius 2 is 1.09 bits per heavy atom. The molecule has 0 spiro atoms. The number of benzene rings is 4. The summed E-state index contributed by atoms with van der Waals surface area (Å²) in [5.41, 5.74) is 16.3. The molecule has 6 N–H and O–H groups in total. The van der Waals surface area contributed by atoms with Gasteiger partial charge in [0.2, 0.25) is 11.9 Å². The van der Waals surface area contributed by atoms with Crippen LogP contribution in [-0.4, -0.2) is 52.5 Å². The zero-order valence-corrected chi connectivity index (χ0v) is 29.9. The van der Waals surface area contributed by atoms with E-state index in [4.69, 9.17) is 16.2 Å². The van der Waals surface area contributed by atoms with Crippen molar-refractivity contribution in [1.29, 1.82) is 0 Å². The number of alkyl halides is 3. The Morgan fingerprint density at radius 3 is 1.57 bits per heavy atom. The van der Waals surface area contributed by atoms with Crippen LogP contribution in [0.25, 0.3) is 33.7 Å². The summed E-state index contributed by atoms with van der Waals surface area (Å²) >= 11 is 0. The molecule has 0 saturated heterocycles. The molecule has 0 atom stereocenters. The minimum Gasteiger partial charge on any atom is -0.494 e. The first kappa shape index (κ1) is 36.8. The van der Waals surface area contributed by atoms with Gasteiger partial charge in [-0.1, -0.05) is 24.3 Å². The van der Waals surface area contributed by atoms with Crippen LogP contribution in [0, 0.1) is 19.7 Å². The third-order valence-corrected chi connectivity index (χ3v) is 8.13. The largest absolute Gasteiger partial charge is 0.573 e. The standard InChI is InChI=1S/C19H15F3N6O.C19H17FN6O/c1-11-24-14-4-2-3-5-15(14)28(11)17-10-16(23)26-18(27-17)25-12-6-8-13(9-7-12)29-19(20,21)22;1-11-22-14-5-3-4-6-15(14)26(11)18-10-17(21)24-19(25-18)23-12-7-8-16(27-2)13(20)9-12/h2-10H,1H3,(H3,23,25,26,27);3-10H,1-2H3,(H3,21,23,24,25). The van der Waals surface area contributed by atoms with E-state index < -0.39 is 12.2 Å². The van der Waals surface area contributed by atoms with Crippen molar-refractivity contribution in [2.45, 2.75) is 20.2 Å². The number of nitrogens with two attached hydrogens (primary N) is 2. The van der Waals surface area contributed by atoms with Gasteiger partial charge < -0.3 is 31.6 Å². The Hall–Kier alpha value is -7.50. The van der Waals surface area contributed by atoms with Gasteiger partial charge >= 0.3 is 6.36 Å². The lowest BCUT2D eigenvalue weighted by atomic mass is 10.3. The number of para-hydroxylation sites is 4. The molecule has 0 fully saturated rings. The predicted octanol–water partition coefficient (Wildman–Crippen LogP) is 7.95. The van der Waals surface area contributed by atoms with E-state index in [1.807, 2.05) is 71.5 Å². The van der Waals surface area contributed by atoms with Crippen molar-refractivity contribution in [1.82, 2.24) is 39.0 Å². The number of aromatic nitrogens is 8. The molecule has 284 valence electrons. The molecule has 0 radical (unpaired) electrons. The second kappa shape index (κ2) is 15.1. The molecule has 4 aromatic heterocycles. The van der Waals surface area contributed by atoms with Crippen molar-refractivity contribution >= 4 is 57.0 Å². The molecule has 8 aromatic rings. The maximum absolute atomic E-state index is 13.9. The number of rotatable bonds is 8. The van der Waals surface area contributed by atoms with E-state index in [0.29, 0.717) is 23.0 Å². The van der Waals surface area contributed by atoms with E-state index in [1.54, 1.807) is 18.2 Å². The zero-order chi connectivity index (χ0) is 39.6. The summed E-state index contributed by atoms with van der Waals surface area (Å²) in [6.45, 7) is 3.75. The molecule has 0 unspecified atom stereocenters. The first-order valence-corrected chi connectivity index (χ1v) is 16.7. The minimum absolute atomic E-state index is 0.162. The fourth-order valence-corrected chi connectivity index (χ4v) is 5.86. The van der Waals surface area contributed by atoms with Crippen LogP contribution >= 0.6 is 0 Å². The summed E-state index contributed by atoms with van der Waals surface area (Å²) in [5, 5.41) is 5.91. The molecular formula is C38H32F4N12O2. The van der Waals surface area contributed by atoms with Crippen LogP contribution in [0.1, 0.15) is 11.6 Å². The van der Waals surface area contributed by atoms with Crippen molar-refractivity contribution in [3.05, 3.63) is 121 Å². The van der Waals surface area contributed by atoms with Crippen molar-refractivity contribution in [3.63, 3.8) is 0 Å². The number of halogens is 4. The summed E-state index contributed by atoms with van der Waals surface area (Å²) < 4.78 is 63.3. The number of nitrogen functional groups attached to an aromatic ring is 2. The van der Waals surface area contributed by atoms with E-state index >= 15 is 0 Å². The minimum atomic E-state index is -4.74. The van der Waals surface area contributed by atoms with Crippen LogP contribution in [0.15, 0.2) is 103 Å². The number of nitrogens with one attached hydrogen (secondary N) is 2. The lowest BCUT2D eigenvalue weighted by Crippen LogP contribution is -2.17. The van der Waals surface area contributed by atoms with Crippen LogP contribution in [0.4, 0.5) is 52.5 Å². The van der Waals surface area contributed by atoms with Gasteiger partial charge in [0, 0.05) is 29.6 Å². The van der Waals surface area contributed by atoms with E-state index in [9.17, 15) is 17.6 Å². The van der Waals surface area contributed by atoms with Crippen molar-refractivity contribution in [2.75, 3.05) is 29.2 Å². The van der Waals surface area contributed by atoms with Crippen LogP contribution in [-0.2, 0) is 0 Å².